The first-order valence-corrected chi connectivity index (χ1v) is 6.55. The Morgan fingerprint density at radius 1 is 1.33 bits per heavy atom. The zero-order chi connectivity index (χ0) is 13.1. The predicted octanol–water partition coefficient (Wildman–Crippen LogP) is 3.99. The lowest BCUT2D eigenvalue weighted by atomic mass is 9.88. The number of hydrogen-bond donors (Lipinski definition) is 0. The molecule has 1 aliphatic rings. The summed E-state index contributed by atoms with van der Waals surface area (Å²) in [4.78, 5) is 11.5. The molecule has 3 heteroatoms. The molecular formula is C15H19FO2. The number of carbonyl (C=O) groups excluding carboxylic acids is 1. The largest absolute Gasteiger partial charge is 0.489 e. The van der Waals surface area contributed by atoms with Crippen LogP contribution in [0.2, 0.25) is 0 Å². The molecule has 0 aromatic heterocycles. The van der Waals surface area contributed by atoms with Crippen molar-refractivity contribution in [3.05, 3.63) is 29.6 Å². The third kappa shape index (κ3) is 2.89. The topological polar surface area (TPSA) is 26.3 Å². The lowest BCUT2D eigenvalue weighted by Gasteiger charge is -2.29. The number of halogens is 1. The lowest BCUT2D eigenvalue weighted by molar-refractivity contribution is 0.0940. The van der Waals surface area contributed by atoms with Gasteiger partial charge in [-0.1, -0.05) is 13.3 Å². The van der Waals surface area contributed by atoms with E-state index < -0.39 is 5.82 Å². The summed E-state index contributed by atoms with van der Waals surface area (Å²) >= 11 is 0. The summed E-state index contributed by atoms with van der Waals surface area (Å²) in [5.41, 5.74) is 0.341. The Balaban J connectivity index is 2.20. The van der Waals surface area contributed by atoms with Crippen LogP contribution in [0.4, 0.5) is 4.39 Å². The Kier molecular flexibility index (Phi) is 4.00. The van der Waals surface area contributed by atoms with Crippen LogP contribution in [-0.2, 0) is 0 Å². The molecule has 18 heavy (non-hydrogen) atoms. The number of ketones is 1. The third-order valence-corrected chi connectivity index (χ3v) is 3.63. The van der Waals surface area contributed by atoms with Crippen LogP contribution in [0.5, 0.6) is 5.75 Å². The van der Waals surface area contributed by atoms with Crippen LogP contribution in [0, 0.1) is 11.7 Å². The van der Waals surface area contributed by atoms with Crippen molar-refractivity contribution in [1.82, 2.24) is 0 Å². The van der Waals surface area contributed by atoms with Gasteiger partial charge in [-0.2, -0.15) is 0 Å². The first-order valence-electron chi connectivity index (χ1n) is 6.55. The maximum atomic E-state index is 13.2. The first kappa shape index (κ1) is 13.1. The normalized spacial score (nSPS) is 23.7. The van der Waals surface area contributed by atoms with E-state index in [-0.39, 0.29) is 11.9 Å². The highest BCUT2D eigenvalue weighted by atomic mass is 19.1. The number of rotatable bonds is 3. The molecule has 0 amide bonds. The van der Waals surface area contributed by atoms with Crippen LogP contribution < -0.4 is 4.74 Å². The van der Waals surface area contributed by atoms with Crippen LogP contribution in [0.3, 0.4) is 0 Å². The molecule has 0 aliphatic heterocycles. The smallest absolute Gasteiger partial charge is 0.163 e. The molecule has 0 bridgehead atoms. The molecule has 0 radical (unpaired) electrons. The SMILES string of the molecule is CC(=O)c1cc(F)ccc1OC1CCCCC1C. The number of ether oxygens (including phenoxy) is 1. The van der Waals surface area contributed by atoms with Gasteiger partial charge in [-0.25, -0.2) is 4.39 Å². The summed E-state index contributed by atoms with van der Waals surface area (Å²) in [6.07, 6.45) is 4.70. The molecule has 0 N–H and O–H groups in total. The van der Waals surface area contributed by atoms with Crippen LogP contribution in [-0.4, -0.2) is 11.9 Å². The summed E-state index contributed by atoms with van der Waals surface area (Å²) in [6.45, 7) is 3.60. The summed E-state index contributed by atoms with van der Waals surface area (Å²) in [5, 5.41) is 0. The van der Waals surface area contributed by atoms with Crippen molar-refractivity contribution in [2.45, 2.75) is 45.6 Å². The fraction of sp³-hybridized carbons (Fsp3) is 0.533. The maximum Gasteiger partial charge on any atom is 0.163 e. The number of benzene rings is 1. The second-order valence-corrected chi connectivity index (χ2v) is 5.11. The minimum absolute atomic E-state index is 0.141. The number of hydrogen-bond acceptors (Lipinski definition) is 2. The van der Waals surface area contributed by atoms with Gasteiger partial charge in [0.1, 0.15) is 17.7 Å². The second-order valence-electron chi connectivity index (χ2n) is 5.11. The van der Waals surface area contributed by atoms with Crippen molar-refractivity contribution in [2.75, 3.05) is 0 Å². The molecule has 1 aliphatic carbocycles. The van der Waals surface area contributed by atoms with Gasteiger partial charge in [0.05, 0.1) is 5.56 Å². The Morgan fingerprint density at radius 2 is 2.06 bits per heavy atom. The average Bonchev–Trinajstić information content (AvgIpc) is 2.34. The fourth-order valence-electron chi connectivity index (χ4n) is 2.50. The van der Waals surface area contributed by atoms with E-state index >= 15 is 0 Å². The van der Waals surface area contributed by atoms with E-state index in [0.717, 1.165) is 19.3 Å². The average molecular weight is 250 g/mol. The third-order valence-electron chi connectivity index (χ3n) is 3.63. The zero-order valence-electron chi connectivity index (χ0n) is 10.9. The van der Waals surface area contributed by atoms with Gasteiger partial charge in [0.25, 0.3) is 0 Å². The standard InChI is InChI=1S/C15H19FO2/c1-10-5-3-4-6-14(10)18-15-8-7-12(16)9-13(15)11(2)17/h7-10,14H,3-6H2,1-2H3. The molecule has 0 spiro atoms. The van der Waals surface area contributed by atoms with Crippen molar-refractivity contribution in [3.63, 3.8) is 0 Å². The lowest BCUT2D eigenvalue weighted by Crippen LogP contribution is -2.28. The molecule has 2 rings (SSSR count). The van der Waals surface area contributed by atoms with E-state index in [1.165, 1.54) is 25.5 Å². The summed E-state index contributed by atoms with van der Waals surface area (Å²) < 4.78 is 19.1. The van der Waals surface area contributed by atoms with E-state index in [1.54, 1.807) is 6.07 Å². The molecule has 1 aromatic rings. The van der Waals surface area contributed by atoms with Gasteiger partial charge >= 0.3 is 0 Å². The van der Waals surface area contributed by atoms with Crippen LogP contribution >= 0.6 is 0 Å². The Morgan fingerprint density at radius 3 is 2.72 bits per heavy atom. The summed E-state index contributed by atoms with van der Waals surface area (Å²) in [7, 11) is 0. The quantitative estimate of drug-likeness (QED) is 0.758. The fourth-order valence-corrected chi connectivity index (χ4v) is 2.50. The Bertz CT molecular complexity index is 442. The molecule has 2 nitrogen and oxygen atoms in total. The van der Waals surface area contributed by atoms with E-state index in [9.17, 15) is 9.18 Å². The highest BCUT2D eigenvalue weighted by Crippen LogP contribution is 2.30. The first-order chi connectivity index (χ1) is 8.58. The maximum absolute atomic E-state index is 13.2. The summed E-state index contributed by atoms with van der Waals surface area (Å²) in [6, 6.07) is 4.16. The zero-order valence-corrected chi connectivity index (χ0v) is 10.9. The van der Waals surface area contributed by atoms with Crippen molar-refractivity contribution in [2.24, 2.45) is 5.92 Å². The Hall–Kier alpha value is -1.38. The van der Waals surface area contributed by atoms with Gasteiger partial charge in [0, 0.05) is 0 Å². The van der Waals surface area contributed by atoms with Crippen molar-refractivity contribution in [1.29, 1.82) is 0 Å². The van der Waals surface area contributed by atoms with E-state index in [4.69, 9.17) is 4.74 Å². The van der Waals surface area contributed by atoms with Gasteiger partial charge in [-0.3, -0.25) is 4.79 Å². The van der Waals surface area contributed by atoms with Crippen molar-refractivity contribution >= 4 is 5.78 Å². The molecule has 0 saturated heterocycles. The van der Waals surface area contributed by atoms with Gasteiger partial charge in [-0.05, 0) is 50.3 Å². The highest BCUT2D eigenvalue weighted by molar-refractivity contribution is 5.96. The second kappa shape index (κ2) is 5.51. The van der Waals surface area contributed by atoms with E-state index in [2.05, 4.69) is 6.92 Å². The van der Waals surface area contributed by atoms with Gasteiger partial charge in [0.2, 0.25) is 0 Å². The minimum Gasteiger partial charge on any atom is -0.489 e. The monoisotopic (exact) mass is 250 g/mol. The number of carbonyl (C=O) groups is 1. The van der Waals surface area contributed by atoms with Crippen LogP contribution in [0.1, 0.15) is 49.9 Å². The van der Waals surface area contributed by atoms with E-state index in [1.807, 2.05) is 0 Å². The van der Waals surface area contributed by atoms with Gasteiger partial charge in [-0.15, -0.1) is 0 Å². The van der Waals surface area contributed by atoms with Gasteiger partial charge in [0.15, 0.2) is 5.78 Å². The predicted molar refractivity (Wildman–Crippen MR) is 68.5 cm³/mol. The van der Waals surface area contributed by atoms with Crippen LogP contribution in [0.25, 0.3) is 0 Å². The molecule has 98 valence electrons. The molecule has 1 aromatic carbocycles. The molecule has 0 heterocycles. The van der Waals surface area contributed by atoms with Crippen molar-refractivity contribution in [3.8, 4) is 5.75 Å². The minimum atomic E-state index is -0.399. The van der Waals surface area contributed by atoms with Crippen LogP contribution in [0.15, 0.2) is 18.2 Å². The molecule has 2 atom stereocenters. The molecule has 1 fully saturated rings. The molecule has 1 saturated carbocycles. The van der Waals surface area contributed by atoms with Crippen molar-refractivity contribution < 1.29 is 13.9 Å². The Labute approximate surface area is 107 Å². The summed E-state index contributed by atoms with van der Waals surface area (Å²) in [5.74, 6) is 0.448. The number of Topliss-reactive ketones (excluding diaryl/α,β-unsaturated/α-hetero) is 1. The van der Waals surface area contributed by atoms with E-state index in [0.29, 0.717) is 17.2 Å². The molecular weight excluding hydrogens is 231 g/mol. The molecule has 2 unspecified atom stereocenters. The highest BCUT2D eigenvalue weighted by Gasteiger charge is 2.24. The van der Waals surface area contributed by atoms with Gasteiger partial charge < -0.3 is 4.74 Å².